The van der Waals surface area contributed by atoms with Crippen LogP contribution in [0.2, 0.25) is 0 Å². The molecular weight excluding hydrogens is 104 g/mol. The largest absolute Gasteiger partial charge is 0.312 e. The zero-order valence-electron chi connectivity index (χ0n) is 4.62. The van der Waals surface area contributed by atoms with E-state index in [9.17, 15) is 0 Å². The molecule has 4 N–H and O–H groups in total. The second-order valence-corrected chi connectivity index (χ2v) is 1.03. The minimum absolute atomic E-state index is 0.302. The Morgan fingerprint density at radius 1 is 1.00 bits per heavy atom. The minimum atomic E-state index is 0.302. The summed E-state index contributed by atoms with van der Waals surface area (Å²) in [4.78, 5) is 7.31. The fourth-order valence-electron chi connectivity index (χ4n) is 0.216. The molecule has 0 radical (unpaired) electrons. The molecule has 0 aliphatic carbocycles. The van der Waals surface area contributed by atoms with Crippen molar-refractivity contribution < 1.29 is 0 Å². The third-order valence-corrected chi connectivity index (χ3v) is 0.488. The predicted molar refractivity (Wildman–Crippen MR) is 35.1 cm³/mol. The van der Waals surface area contributed by atoms with Crippen LogP contribution >= 0.6 is 0 Å². The highest BCUT2D eigenvalue weighted by Crippen LogP contribution is 1.54. The second-order valence-electron chi connectivity index (χ2n) is 1.03. The first-order valence-electron chi connectivity index (χ1n) is 2.30. The third kappa shape index (κ3) is 5.26. The van der Waals surface area contributed by atoms with Gasteiger partial charge in [-0.1, -0.05) is 0 Å². The number of rotatable bonds is 3. The van der Waals surface area contributed by atoms with Crippen molar-refractivity contribution in [2.24, 2.45) is 21.5 Å². The molecule has 0 bridgehead atoms. The van der Waals surface area contributed by atoms with Crippen molar-refractivity contribution in [1.82, 2.24) is 0 Å². The Labute approximate surface area is 48.3 Å². The van der Waals surface area contributed by atoms with Crippen LogP contribution in [0.15, 0.2) is 9.98 Å². The molecule has 0 aliphatic rings. The summed E-state index contributed by atoms with van der Waals surface area (Å²) < 4.78 is 0. The summed E-state index contributed by atoms with van der Waals surface area (Å²) in [7, 11) is 0. The van der Waals surface area contributed by atoms with E-state index in [4.69, 9.17) is 11.5 Å². The van der Waals surface area contributed by atoms with Crippen LogP contribution in [-0.4, -0.2) is 25.8 Å². The molecule has 0 spiro atoms. The molecule has 8 heavy (non-hydrogen) atoms. The molecule has 0 aliphatic heterocycles. The normalized spacial score (nSPS) is 11.8. The lowest BCUT2D eigenvalue weighted by atomic mass is 10.8. The van der Waals surface area contributed by atoms with Crippen LogP contribution in [0, 0.1) is 0 Å². The molecule has 0 fully saturated rings. The van der Waals surface area contributed by atoms with Crippen LogP contribution in [0.5, 0.6) is 0 Å². The lowest BCUT2D eigenvalue weighted by molar-refractivity contribution is 1.07. The topological polar surface area (TPSA) is 76.8 Å². The summed E-state index contributed by atoms with van der Waals surface area (Å²) >= 11 is 0. The highest BCUT2D eigenvalue weighted by molar-refractivity contribution is 6.15. The van der Waals surface area contributed by atoms with Crippen molar-refractivity contribution in [2.75, 3.05) is 13.3 Å². The van der Waals surface area contributed by atoms with Crippen molar-refractivity contribution in [1.29, 1.82) is 0 Å². The Balaban J connectivity index is 3.13. The van der Waals surface area contributed by atoms with Gasteiger partial charge in [-0.3, -0.25) is 9.98 Å². The van der Waals surface area contributed by atoms with Crippen molar-refractivity contribution >= 4 is 12.4 Å². The quantitative estimate of drug-likeness (QED) is 0.460. The van der Waals surface area contributed by atoms with Gasteiger partial charge in [-0.15, -0.1) is 0 Å². The average molecular weight is 114 g/mol. The van der Waals surface area contributed by atoms with Gasteiger partial charge in [-0.2, -0.15) is 0 Å². The number of nitrogens with two attached hydrogens (primary N) is 2. The first-order valence-corrected chi connectivity index (χ1v) is 2.30. The van der Waals surface area contributed by atoms with E-state index in [-0.39, 0.29) is 0 Å². The van der Waals surface area contributed by atoms with Crippen LogP contribution in [-0.2, 0) is 0 Å². The van der Waals surface area contributed by atoms with Crippen LogP contribution in [0.25, 0.3) is 0 Å². The van der Waals surface area contributed by atoms with E-state index in [2.05, 4.69) is 9.98 Å². The van der Waals surface area contributed by atoms with Gasteiger partial charge in [0.25, 0.3) is 0 Å². The summed E-state index contributed by atoms with van der Waals surface area (Å²) in [6, 6.07) is 0. The van der Waals surface area contributed by atoms with E-state index in [0.717, 1.165) is 0 Å². The number of aliphatic imine (C=N–C) groups is 2. The Hall–Kier alpha value is -0.740. The van der Waals surface area contributed by atoms with E-state index in [1.165, 1.54) is 12.4 Å². The molecule has 0 amide bonds. The fraction of sp³-hybridized carbons (Fsp3) is 0.500. The highest BCUT2D eigenvalue weighted by atomic mass is 14.9. The maximum Gasteiger partial charge on any atom is 0.0860 e. The molecule has 0 saturated carbocycles. The summed E-state index contributed by atoms with van der Waals surface area (Å²) in [5, 5.41) is 0. The zero-order chi connectivity index (χ0) is 6.24. The fourth-order valence-corrected chi connectivity index (χ4v) is 0.216. The van der Waals surface area contributed by atoms with Gasteiger partial charge >= 0.3 is 0 Å². The van der Waals surface area contributed by atoms with E-state index < -0.39 is 0 Å². The standard InChI is InChI=1S/C4H10N4/c5-3-7-1-2-8-4-6/h1-2H,3-6H2. The van der Waals surface area contributed by atoms with Gasteiger partial charge in [0, 0.05) is 12.4 Å². The van der Waals surface area contributed by atoms with Gasteiger partial charge in [0.15, 0.2) is 0 Å². The molecule has 0 saturated heterocycles. The molecule has 0 aromatic rings. The summed E-state index contributed by atoms with van der Waals surface area (Å²) in [5.74, 6) is 0. The van der Waals surface area contributed by atoms with Crippen LogP contribution < -0.4 is 11.5 Å². The molecule has 4 heteroatoms. The molecule has 0 rings (SSSR count). The molecule has 4 nitrogen and oxygen atoms in total. The van der Waals surface area contributed by atoms with Gasteiger partial charge in [-0.25, -0.2) is 0 Å². The Kier molecular flexibility index (Phi) is 5.68. The van der Waals surface area contributed by atoms with E-state index in [1.54, 1.807) is 0 Å². The predicted octanol–water partition coefficient (Wildman–Crippen LogP) is -1.04. The van der Waals surface area contributed by atoms with E-state index in [0.29, 0.717) is 13.3 Å². The third-order valence-electron chi connectivity index (χ3n) is 0.488. The van der Waals surface area contributed by atoms with Gasteiger partial charge in [-0.05, 0) is 0 Å². The van der Waals surface area contributed by atoms with Crippen molar-refractivity contribution in [3.05, 3.63) is 0 Å². The summed E-state index contributed by atoms with van der Waals surface area (Å²) in [5.41, 5.74) is 10.0. The number of nitrogens with zero attached hydrogens (tertiary/aromatic N) is 2. The molecular formula is C4H10N4. The Bertz CT molecular complexity index is 74.0. The average Bonchev–Trinajstić information content (AvgIpc) is 1.81. The molecule has 0 unspecified atom stereocenters. The van der Waals surface area contributed by atoms with Gasteiger partial charge in [0.2, 0.25) is 0 Å². The lowest BCUT2D eigenvalue weighted by Gasteiger charge is -1.76. The maximum atomic E-state index is 5.02. The highest BCUT2D eigenvalue weighted by Gasteiger charge is 1.61. The summed E-state index contributed by atoms with van der Waals surface area (Å²) in [6.07, 6.45) is 3.04. The van der Waals surface area contributed by atoms with Crippen LogP contribution in [0.4, 0.5) is 0 Å². The number of hydrogen-bond acceptors (Lipinski definition) is 4. The zero-order valence-corrected chi connectivity index (χ0v) is 4.62. The minimum Gasteiger partial charge on any atom is -0.312 e. The lowest BCUT2D eigenvalue weighted by Crippen LogP contribution is -1.96. The Morgan fingerprint density at radius 3 is 1.62 bits per heavy atom. The smallest absolute Gasteiger partial charge is 0.0860 e. The van der Waals surface area contributed by atoms with Crippen molar-refractivity contribution in [2.45, 2.75) is 0 Å². The van der Waals surface area contributed by atoms with Crippen LogP contribution in [0.1, 0.15) is 0 Å². The Morgan fingerprint density at radius 2 is 1.38 bits per heavy atom. The second kappa shape index (κ2) is 6.26. The maximum absolute atomic E-state index is 5.02. The summed E-state index contributed by atoms with van der Waals surface area (Å²) in [6.45, 7) is 0.604. The van der Waals surface area contributed by atoms with Gasteiger partial charge in [0.1, 0.15) is 0 Å². The molecule has 0 heterocycles. The van der Waals surface area contributed by atoms with Crippen LogP contribution in [0.3, 0.4) is 0 Å². The van der Waals surface area contributed by atoms with E-state index >= 15 is 0 Å². The van der Waals surface area contributed by atoms with Crippen molar-refractivity contribution in [3.8, 4) is 0 Å². The molecule has 0 atom stereocenters. The first-order chi connectivity index (χ1) is 3.91. The van der Waals surface area contributed by atoms with E-state index in [1.807, 2.05) is 0 Å². The van der Waals surface area contributed by atoms with Gasteiger partial charge in [0.05, 0.1) is 13.3 Å². The first kappa shape index (κ1) is 7.26. The van der Waals surface area contributed by atoms with Gasteiger partial charge < -0.3 is 11.5 Å². The molecule has 0 aromatic carbocycles. The monoisotopic (exact) mass is 114 g/mol. The molecule has 0 aromatic heterocycles. The SMILES string of the molecule is NCN=CC=NCN. The number of hydrogen-bond donors (Lipinski definition) is 2. The molecule has 46 valence electrons. The van der Waals surface area contributed by atoms with Crippen molar-refractivity contribution in [3.63, 3.8) is 0 Å².